The number of para-hydroxylation sites is 3. The van der Waals surface area contributed by atoms with Gasteiger partial charge in [-0.25, -0.2) is 14.3 Å². The van der Waals surface area contributed by atoms with Crippen molar-refractivity contribution in [2.45, 2.75) is 26.4 Å². The number of nitrogens with zero attached hydrogens (tertiary/aromatic N) is 2. The van der Waals surface area contributed by atoms with Crippen molar-refractivity contribution in [3.05, 3.63) is 48.5 Å². The standard InChI is InChI=1S/C20H20N2O4S/c1-20(2,3)26-19(24)22-15-10-6-5-9-14(15)21-18(22)13-8-4-7-11-16(13)25-17(23)12-27/h4-11,27H,12H2,1-3H3. The lowest BCUT2D eigenvalue weighted by molar-refractivity contribution is -0.131. The van der Waals surface area contributed by atoms with Gasteiger partial charge < -0.3 is 9.47 Å². The van der Waals surface area contributed by atoms with E-state index in [-0.39, 0.29) is 5.75 Å². The van der Waals surface area contributed by atoms with Gasteiger partial charge in [-0.15, -0.1) is 0 Å². The van der Waals surface area contributed by atoms with Crippen LogP contribution in [0.4, 0.5) is 4.79 Å². The van der Waals surface area contributed by atoms with Crippen molar-refractivity contribution in [2.24, 2.45) is 0 Å². The van der Waals surface area contributed by atoms with Gasteiger partial charge in [-0.1, -0.05) is 24.3 Å². The Hall–Kier alpha value is -2.80. The van der Waals surface area contributed by atoms with E-state index in [1.807, 2.05) is 18.2 Å². The lowest BCUT2D eigenvalue weighted by Crippen LogP contribution is -2.27. The van der Waals surface area contributed by atoms with Crippen LogP contribution in [0, 0.1) is 0 Å². The number of carbonyl (C=O) groups excluding carboxylic acids is 2. The Balaban J connectivity index is 2.20. The van der Waals surface area contributed by atoms with Crippen LogP contribution in [0.2, 0.25) is 0 Å². The van der Waals surface area contributed by atoms with Crippen LogP contribution in [0.3, 0.4) is 0 Å². The number of fused-ring (bicyclic) bond motifs is 1. The fourth-order valence-corrected chi connectivity index (χ4v) is 2.66. The van der Waals surface area contributed by atoms with Crippen molar-refractivity contribution in [1.82, 2.24) is 9.55 Å². The summed E-state index contributed by atoms with van der Waals surface area (Å²) in [5.74, 6) is 0.0898. The van der Waals surface area contributed by atoms with Crippen LogP contribution >= 0.6 is 12.6 Å². The van der Waals surface area contributed by atoms with E-state index in [2.05, 4.69) is 17.6 Å². The first kappa shape index (κ1) is 19.0. The summed E-state index contributed by atoms with van der Waals surface area (Å²) in [5.41, 5.74) is 1.08. The lowest BCUT2D eigenvalue weighted by Gasteiger charge is -2.20. The van der Waals surface area contributed by atoms with Gasteiger partial charge in [-0.2, -0.15) is 12.6 Å². The number of esters is 1. The average molecular weight is 384 g/mol. The molecule has 0 spiro atoms. The zero-order valence-corrected chi connectivity index (χ0v) is 16.2. The lowest BCUT2D eigenvalue weighted by atomic mass is 10.2. The van der Waals surface area contributed by atoms with Gasteiger partial charge >= 0.3 is 12.1 Å². The molecule has 3 aromatic rings. The van der Waals surface area contributed by atoms with E-state index in [0.717, 1.165) is 0 Å². The minimum Gasteiger partial charge on any atom is -0.443 e. The van der Waals surface area contributed by atoms with Crippen molar-refractivity contribution >= 4 is 35.7 Å². The maximum Gasteiger partial charge on any atom is 0.420 e. The highest BCUT2D eigenvalue weighted by Crippen LogP contribution is 2.32. The van der Waals surface area contributed by atoms with E-state index in [0.29, 0.717) is 28.2 Å². The SMILES string of the molecule is CC(C)(C)OC(=O)n1c(-c2ccccc2OC(=O)CS)nc2ccccc21. The highest BCUT2D eigenvalue weighted by atomic mass is 32.1. The van der Waals surface area contributed by atoms with Crippen molar-refractivity contribution in [1.29, 1.82) is 0 Å². The highest BCUT2D eigenvalue weighted by molar-refractivity contribution is 7.81. The maximum atomic E-state index is 12.9. The average Bonchev–Trinajstić information content (AvgIpc) is 3.00. The summed E-state index contributed by atoms with van der Waals surface area (Å²) < 4.78 is 12.3. The summed E-state index contributed by atoms with van der Waals surface area (Å²) in [6.45, 7) is 5.39. The van der Waals surface area contributed by atoms with Gasteiger partial charge in [-0.05, 0) is 45.0 Å². The predicted molar refractivity (Wildman–Crippen MR) is 106 cm³/mol. The minimum atomic E-state index is -0.669. The molecule has 0 unspecified atom stereocenters. The van der Waals surface area contributed by atoms with Crippen LogP contribution in [-0.2, 0) is 9.53 Å². The number of aromatic nitrogens is 2. The zero-order chi connectivity index (χ0) is 19.6. The third kappa shape index (κ3) is 4.14. The summed E-state index contributed by atoms with van der Waals surface area (Å²) in [7, 11) is 0. The summed E-state index contributed by atoms with van der Waals surface area (Å²) >= 11 is 3.94. The number of rotatable bonds is 3. The molecule has 0 aliphatic rings. The number of imidazole rings is 1. The third-order valence-corrected chi connectivity index (χ3v) is 3.88. The van der Waals surface area contributed by atoms with Crippen molar-refractivity contribution in [3.63, 3.8) is 0 Å². The van der Waals surface area contributed by atoms with Crippen molar-refractivity contribution in [2.75, 3.05) is 5.75 Å². The van der Waals surface area contributed by atoms with E-state index in [1.54, 1.807) is 51.1 Å². The van der Waals surface area contributed by atoms with Crippen LogP contribution < -0.4 is 4.74 Å². The molecule has 3 rings (SSSR count). The molecule has 0 amide bonds. The van der Waals surface area contributed by atoms with Gasteiger partial charge in [0.25, 0.3) is 0 Å². The molecule has 140 valence electrons. The number of ether oxygens (including phenoxy) is 2. The first-order valence-electron chi connectivity index (χ1n) is 8.42. The third-order valence-electron chi connectivity index (χ3n) is 3.62. The molecule has 0 aliphatic carbocycles. The molecular formula is C20H20N2O4S. The van der Waals surface area contributed by atoms with Gasteiger partial charge in [0.1, 0.15) is 11.4 Å². The second-order valence-corrected chi connectivity index (χ2v) is 7.18. The Kier molecular flexibility index (Phi) is 5.23. The van der Waals surface area contributed by atoms with Crippen LogP contribution in [-0.4, -0.2) is 33.0 Å². The Morgan fingerprint density at radius 3 is 2.44 bits per heavy atom. The molecule has 0 bridgehead atoms. The monoisotopic (exact) mass is 384 g/mol. The highest BCUT2D eigenvalue weighted by Gasteiger charge is 2.25. The molecule has 0 atom stereocenters. The Morgan fingerprint density at radius 1 is 1.07 bits per heavy atom. The van der Waals surface area contributed by atoms with Gasteiger partial charge in [0.15, 0.2) is 5.82 Å². The van der Waals surface area contributed by atoms with Crippen LogP contribution in [0.1, 0.15) is 20.8 Å². The molecule has 2 aromatic carbocycles. The van der Waals surface area contributed by atoms with Crippen molar-refractivity contribution in [3.8, 4) is 17.1 Å². The number of carbonyl (C=O) groups is 2. The largest absolute Gasteiger partial charge is 0.443 e. The number of thiol groups is 1. The van der Waals surface area contributed by atoms with E-state index >= 15 is 0 Å². The maximum absolute atomic E-state index is 12.9. The molecule has 0 saturated heterocycles. The van der Waals surface area contributed by atoms with E-state index in [1.165, 1.54) is 4.57 Å². The summed E-state index contributed by atoms with van der Waals surface area (Å²) in [5, 5.41) is 0. The molecule has 1 heterocycles. The number of hydrogen-bond donors (Lipinski definition) is 1. The molecular weight excluding hydrogens is 364 g/mol. The fraction of sp³-hybridized carbons (Fsp3) is 0.250. The van der Waals surface area contributed by atoms with E-state index in [4.69, 9.17) is 9.47 Å². The smallest absolute Gasteiger partial charge is 0.420 e. The molecule has 27 heavy (non-hydrogen) atoms. The topological polar surface area (TPSA) is 70.4 Å². The van der Waals surface area contributed by atoms with Crippen LogP contribution in [0.5, 0.6) is 5.75 Å². The number of benzene rings is 2. The van der Waals surface area contributed by atoms with Gasteiger partial charge in [-0.3, -0.25) is 4.79 Å². The summed E-state index contributed by atoms with van der Waals surface area (Å²) in [4.78, 5) is 29.2. The second kappa shape index (κ2) is 7.44. The molecule has 0 N–H and O–H groups in total. The van der Waals surface area contributed by atoms with Crippen LogP contribution in [0.25, 0.3) is 22.4 Å². The zero-order valence-electron chi connectivity index (χ0n) is 15.3. The molecule has 0 saturated carbocycles. The molecule has 0 aliphatic heterocycles. The first-order chi connectivity index (χ1) is 12.8. The molecule has 6 nitrogen and oxygen atoms in total. The molecule has 7 heteroatoms. The predicted octanol–water partition coefficient (Wildman–Crippen LogP) is 4.32. The summed E-state index contributed by atoms with van der Waals surface area (Å²) in [6.07, 6.45) is -0.554. The minimum absolute atomic E-state index is 0.0587. The van der Waals surface area contributed by atoms with E-state index < -0.39 is 17.7 Å². The molecule has 0 radical (unpaired) electrons. The van der Waals surface area contributed by atoms with Gasteiger partial charge in [0.2, 0.25) is 0 Å². The Bertz CT molecular complexity index is 1000. The molecule has 0 fully saturated rings. The van der Waals surface area contributed by atoms with Gasteiger partial charge in [0, 0.05) is 0 Å². The van der Waals surface area contributed by atoms with Crippen LogP contribution in [0.15, 0.2) is 48.5 Å². The Labute approximate surface area is 162 Å². The number of hydrogen-bond acceptors (Lipinski definition) is 6. The second-order valence-electron chi connectivity index (χ2n) is 6.87. The summed E-state index contributed by atoms with van der Waals surface area (Å²) in [6, 6.07) is 14.2. The molecule has 1 aromatic heterocycles. The fourth-order valence-electron chi connectivity index (χ4n) is 2.59. The van der Waals surface area contributed by atoms with Gasteiger partial charge in [0.05, 0.1) is 22.3 Å². The van der Waals surface area contributed by atoms with Crippen molar-refractivity contribution < 1.29 is 19.1 Å². The normalized spacial score (nSPS) is 11.4. The first-order valence-corrected chi connectivity index (χ1v) is 9.05. The Morgan fingerprint density at radius 2 is 1.74 bits per heavy atom. The van der Waals surface area contributed by atoms with E-state index in [9.17, 15) is 9.59 Å². The quantitative estimate of drug-likeness (QED) is 0.414.